The Kier molecular flexibility index (Phi) is 6.54. The van der Waals surface area contributed by atoms with E-state index < -0.39 is 17.5 Å². The molecule has 40 heavy (non-hydrogen) atoms. The van der Waals surface area contributed by atoms with Crippen LogP contribution in [0.15, 0.2) is 67.0 Å². The topological polar surface area (TPSA) is 52.8 Å². The SMILES string of the molecule is COC(=O)Cc1c(C)cn2cc(-c3cccc(-c4ccc(F)c(F)c4F)c3)nc2c1-c1ccc2c(c1)CCCO2. The molecule has 5 nitrogen and oxygen atoms in total. The second kappa shape index (κ2) is 10.2. The highest BCUT2D eigenvalue weighted by atomic mass is 19.2. The van der Waals surface area contributed by atoms with E-state index in [1.165, 1.54) is 13.2 Å². The highest BCUT2D eigenvalue weighted by Gasteiger charge is 2.22. The highest BCUT2D eigenvalue weighted by molar-refractivity contribution is 5.88. The van der Waals surface area contributed by atoms with E-state index in [9.17, 15) is 18.0 Å². The molecule has 202 valence electrons. The van der Waals surface area contributed by atoms with Gasteiger partial charge in [0.05, 0.1) is 25.8 Å². The molecule has 1 aliphatic rings. The number of aryl methyl sites for hydroxylation is 2. The van der Waals surface area contributed by atoms with Gasteiger partial charge in [-0.2, -0.15) is 0 Å². The number of ether oxygens (including phenoxy) is 2. The van der Waals surface area contributed by atoms with E-state index in [0.717, 1.165) is 52.5 Å². The fourth-order valence-corrected chi connectivity index (χ4v) is 5.29. The summed E-state index contributed by atoms with van der Waals surface area (Å²) in [6.07, 6.45) is 5.67. The standard InChI is InChI=1S/C32H25F3N2O3/c1-18-16-37-17-26(20-6-3-5-19(13-20)23-9-10-25(33)31(35)30(23)34)36-32(37)29(24(18)15-28(38)39-2)22-8-11-27-21(14-22)7-4-12-40-27/h3,5-6,8-11,13-14,16-17H,4,7,12,15H2,1-2H3. The molecule has 0 amide bonds. The maximum absolute atomic E-state index is 14.6. The first-order valence-corrected chi connectivity index (χ1v) is 12.9. The molecule has 5 aromatic rings. The van der Waals surface area contributed by atoms with Gasteiger partial charge in [-0.25, -0.2) is 18.2 Å². The third-order valence-electron chi connectivity index (χ3n) is 7.32. The zero-order valence-corrected chi connectivity index (χ0v) is 21.9. The van der Waals surface area contributed by atoms with Gasteiger partial charge in [-0.05, 0) is 77.9 Å². The lowest BCUT2D eigenvalue weighted by molar-refractivity contribution is -0.139. The summed E-state index contributed by atoms with van der Waals surface area (Å²) in [5.41, 5.74) is 6.78. The van der Waals surface area contributed by atoms with E-state index >= 15 is 0 Å². The Morgan fingerprint density at radius 2 is 1.82 bits per heavy atom. The predicted octanol–water partition coefficient (Wildman–Crippen LogP) is 7.10. The molecule has 0 fully saturated rings. The van der Waals surface area contributed by atoms with Crippen molar-refractivity contribution in [3.8, 4) is 39.3 Å². The minimum Gasteiger partial charge on any atom is -0.493 e. The number of nitrogens with zero attached hydrogens (tertiary/aromatic N) is 2. The van der Waals surface area contributed by atoms with Crippen LogP contribution in [0.5, 0.6) is 5.75 Å². The lowest BCUT2D eigenvalue weighted by atomic mass is 9.93. The van der Waals surface area contributed by atoms with E-state index in [4.69, 9.17) is 14.5 Å². The van der Waals surface area contributed by atoms with Crippen LogP contribution in [0.1, 0.15) is 23.1 Å². The highest BCUT2D eigenvalue weighted by Crippen LogP contribution is 2.37. The van der Waals surface area contributed by atoms with Crippen LogP contribution >= 0.6 is 0 Å². The lowest BCUT2D eigenvalue weighted by Crippen LogP contribution is -2.10. The summed E-state index contributed by atoms with van der Waals surface area (Å²) in [7, 11) is 1.36. The number of rotatable bonds is 5. The zero-order chi connectivity index (χ0) is 28.0. The quantitative estimate of drug-likeness (QED) is 0.176. The molecule has 0 saturated carbocycles. The van der Waals surface area contributed by atoms with Crippen LogP contribution in [-0.2, 0) is 22.4 Å². The van der Waals surface area contributed by atoms with Gasteiger partial charge < -0.3 is 13.9 Å². The number of esters is 1. The number of imidazole rings is 1. The van der Waals surface area contributed by atoms with E-state index in [1.54, 1.807) is 18.2 Å². The monoisotopic (exact) mass is 542 g/mol. The van der Waals surface area contributed by atoms with Gasteiger partial charge in [-0.15, -0.1) is 0 Å². The number of pyridine rings is 1. The molecule has 0 unspecified atom stereocenters. The molecule has 2 aromatic heterocycles. The minimum absolute atomic E-state index is 0.0438. The summed E-state index contributed by atoms with van der Waals surface area (Å²) >= 11 is 0. The van der Waals surface area contributed by atoms with Crippen molar-refractivity contribution in [2.75, 3.05) is 13.7 Å². The molecule has 3 aromatic carbocycles. The van der Waals surface area contributed by atoms with Crippen LogP contribution in [-0.4, -0.2) is 29.1 Å². The summed E-state index contributed by atoms with van der Waals surface area (Å²) in [5, 5.41) is 0. The second-order valence-electron chi connectivity index (χ2n) is 9.85. The summed E-state index contributed by atoms with van der Waals surface area (Å²) in [6, 6.07) is 15.0. The van der Waals surface area contributed by atoms with Crippen molar-refractivity contribution in [3.63, 3.8) is 0 Å². The van der Waals surface area contributed by atoms with Gasteiger partial charge in [0.2, 0.25) is 0 Å². The molecular weight excluding hydrogens is 517 g/mol. The van der Waals surface area contributed by atoms with E-state index in [1.807, 2.05) is 41.9 Å². The van der Waals surface area contributed by atoms with E-state index in [0.29, 0.717) is 29.1 Å². The number of carbonyl (C=O) groups excluding carboxylic acids is 1. The van der Waals surface area contributed by atoms with Gasteiger partial charge in [0.1, 0.15) is 11.4 Å². The summed E-state index contributed by atoms with van der Waals surface area (Å²) in [5.74, 6) is -3.49. The van der Waals surface area contributed by atoms with Crippen LogP contribution < -0.4 is 4.74 Å². The van der Waals surface area contributed by atoms with Crippen molar-refractivity contribution in [2.45, 2.75) is 26.2 Å². The normalized spacial score (nSPS) is 12.7. The summed E-state index contributed by atoms with van der Waals surface area (Å²) in [6.45, 7) is 2.63. The number of benzene rings is 3. The zero-order valence-electron chi connectivity index (χ0n) is 21.9. The predicted molar refractivity (Wildman–Crippen MR) is 146 cm³/mol. The molecule has 1 aliphatic heterocycles. The molecular formula is C32H25F3N2O3. The molecule has 0 atom stereocenters. The third kappa shape index (κ3) is 4.49. The summed E-state index contributed by atoms with van der Waals surface area (Å²) < 4.78 is 54.7. The first-order valence-electron chi connectivity index (χ1n) is 12.9. The molecule has 0 N–H and O–H groups in total. The Bertz CT molecular complexity index is 1790. The fraction of sp³-hybridized carbons (Fsp3) is 0.188. The van der Waals surface area contributed by atoms with Crippen LogP contribution in [0.25, 0.3) is 39.2 Å². The van der Waals surface area contributed by atoms with Gasteiger partial charge >= 0.3 is 5.97 Å². The molecule has 3 heterocycles. The van der Waals surface area contributed by atoms with Crippen molar-refractivity contribution in [3.05, 3.63) is 101 Å². The van der Waals surface area contributed by atoms with Gasteiger partial charge in [0, 0.05) is 29.1 Å². The number of fused-ring (bicyclic) bond motifs is 2. The van der Waals surface area contributed by atoms with Crippen LogP contribution in [0.4, 0.5) is 13.2 Å². The number of carbonyl (C=O) groups is 1. The van der Waals surface area contributed by atoms with Gasteiger partial charge in [0.15, 0.2) is 17.5 Å². The molecule has 0 saturated heterocycles. The van der Waals surface area contributed by atoms with E-state index in [-0.39, 0.29) is 18.0 Å². The number of hydrogen-bond donors (Lipinski definition) is 0. The van der Waals surface area contributed by atoms with Crippen LogP contribution in [0, 0.1) is 24.4 Å². The maximum Gasteiger partial charge on any atom is 0.310 e. The minimum atomic E-state index is -1.51. The molecule has 0 bridgehead atoms. The van der Waals surface area contributed by atoms with Crippen molar-refractivity contribution in [2.24, 2.45) is 0 Å². The fourth-order valence-electron chi connectivity index (χ4n) is 5.29. The largest absolute Gasteiger partial charge is 0.493 e. The number of aromatic nitrogens is 2. The third-order valence-corrected chi connectivity index (χ3v) is 7.32. The number of hydrogen-bond acceptors (Lipinski definition) is 4. The molecule has 0 spiro atoms. The Morgan fingerprint density at radius 1 is 1.00 bits per heavy atom. The second-order valence-corrected chi connectivity index (χ2v) is 9.85. The van der Waals surface area contributed by atoms with Crippen LogP contribution in [0.2, 0.25) is 0 Å². The summed E-state index contributed by atoms with van der Waals surface area (Å²) in [4.78, 5) is 17.4. The van der Waals surface area contributed by atoms with Crippen molar-refractivity contribution in [1.82, 2.24) is 9.38 Å². The Labute approximate surface area is 228 Å². The maximum atomic E-state index is 14.6. The van der Waals surface area contributed by atoms with Crippen LogP contribution in [0.3, 0.4) is 0 Å². The van der Waals surface area contributed by atoms with Crippen molar-refractivity contribution in [1.29, 1.82) is 0 Å². The Hall–Kier alpha value is -4.59. The molecule has 8 heteroatoms. The van der Waals surface area contributed by atoms with E-state index in [2.05, 4.69) is 6.07 Å². The smallest absolute Gasteiger partial charge is 0.310 e. The number of halogens is 3. The van der Waals surface area contributed by atoms with Gasteiger partial charge in [-0.3, -0.25) is 4.79 Å². The Morgan fingerprint density at radius 3 is 2.65 bits per heavy atom. The first kappa shape index (κ1) is 25.7. The molecule has 6 rings (SSSR count). The first-order chi connectivity index (χ1) is 19.3. The van der Waals surface area contributed by atoms with Gasteiger partial charge in [0.25, 0.3) is 0 Å². The Balaban J connectivity index is 1.52. The number of methoxy groups -OCH3 is 1. The van der Waals surface area contributed by atoms with Crippen molar-refractivity contribution < 1.29 is 27.4 Å². The average Bonchev–Trinajstić information content (AvgIpc) is 3.39. The average molecular weight is 543 g/mol. The van der Waals surface area contributed by atoms with Gasteiger partial charge in [-0.1, -0.05) is 24.3 Å². The van der Waals surface area contributed by atoms with Crippen molar-refractivity contribution >= 4 is 11.6 Å². The molecule has 0 radical (unpaired) electrons. The lowest BCUT2D eigenvalue weighted by Gasteiger charge is -2.19. The molecule has 0 aliphatic carbocycles.